The van der Waals surface area contributed by atoms with Crippen LogP contribution in [0.5, 0.6) is 0 Å². The minimum atomic E-state index is -0.476. The van der Waals surface area contributed by atoms with E-state index in [4.69, 9.17) is 12.2 Å². The van der Waals surface area contributed by atoms with Crippen molar-refractivity contribution in [3.63, 3.8) is 0 Å². The minimum Gasteiger partial charge on any atom is -0.329 e. The topological polar surface area (TPSA) is 83.5 Å². The predicted octanol–water partition coefficient (Wildman–Crippen LogP) is 0.786. The molecule has 1 saturated carbocycles. The molecular weight excluding hydrogens is 240 g/mol. The van der Waals surface area contributed by atoms with Crippen molar-refractivity contribution in [2.75, 3.05) is 0 Å². The Morgan fingerprint density at radius 1 is 1.35 bits per heavy atom. The van der Waals surface area contributed by atoms with Gasteiger partial charge in [-0.3, -0.25) is 14.3 Å². The summed E-state index contributed by atoms with van der Waals surface area (Å²) in [5.41, 5.74) is -0.379. The maximum absolute atomic E-state index is 11.8. The number of hydrogen-bond acceptors (Lipinski definition) is 4. The van der Waals surface area contributed by atoms with Crippen molar-refractivity contribution in [3.05, 3.63) is 31.3 Å². The molecule has 88 valence electrons. The molecule has 2 aromatic heterocycles. The van der Waals surface area contributed by atoms with Gasteiger partial charge < -0.3 is 4.98 Å². The van der Waals surface area contributed by atoms with Crippen molar-refractivity contribution in [2.24, 2.45) is 0 Å². The van der Waals surface area contributed by atoms with E-state index in [1.807, 2.05) is 0 Å². The molecule has 0 atom stereocenters. The molecule has 0 unspecified atom stereocenters. The number of rotatable bonds is 1. The molecule has 1 aliphatic carbocycles. The number of aryl methyl sites for hydroxylation is 1. The van der Waals surface area contributed by atoms with E-state index in [2.05, 4.69) is 15.0 Å². The van der Waals surface area contributed by atoms with Gasteiger partial charge in [-0.25, -0.2) is 9.78 Å². The molecule has 2 heterocycles. The molecule has 0 bridgehead atoms. The molecule has 0 amide bonds. The molecule has 3 rings (SSSR count). The molecule has 1 fully saturated rings. The average Bonchev–Trinajstić information content (AvgIpc) is 2.99. The van der Waals surface area contributed by atoms with E-state index in [0.29, 0.717) is 11.5 Å². The molecule has 6 nitrogen and oxygen atoms in total. The zero-order valence-electron chi connectivity index (χ0n) is 9.11. The smallest absolute Gasteiger partial charge is 0.329 e. The fourth-order valence-electron chi connectivity index (χ4n) is 1.96. The molecule has 1 aliphatic rings. The van der Waals surface area contributed by atoms with Crippen LogP contribution in [0.15, 0.2) is 9.59 Å². The van der Waals surface area contributed by atoms with Crippen LogP contribution in [0.1, 0.15) is 24.7 Å². The fraction of sp³-hybridized carbons (Fsp3) is 0.400. The first-order chi connectivity index (χ1) is 8.08. The Hall–Kier alpha value is -1.76. The SMILES string of the molecule is Cc1nc(=S)c2c(=O)[nH]c(=O)n(C3CC3)c2[nH]1. The van der Waals surface area contributed by atoms with E-state index >= 15 is 0 Å². The third kappa shape index (κ3) is 1.54. The summed E-state index contributed by atoms with van der Waals surface area (Å²) in [4.78, 5) is 32.8. The van der Waals surface area contributed by atoms with E-state index in [1.54, 1.807) is 11.5 Å². The van der Waals surface area contributed by atoms with Gasteiger partial charge in [-0.15, -0.1) is 0 Å². The van der Waals surface area contributed by atoms with Gasteiger partial charge in [0.15, 0.2) is 0 Å². The van der Waals surface area contributed by atoms with Gasteiger partial charge in [-0.1, -0.05) is 12.2 Å². The molecule has 2 N–H and O–H groups in total. The van der Waals surface area contributed by atoms with Crippen LogP contribution in [0.3, 0.4) is 0 Å². The maximum atomic E-state index is 11.8. The fourth-order valence-corrected chi connectivity index (χ4v) is 2.29. The van der Waals surface area contributed by atoms with Crippen LogP contribution >= 0.6 is 12.2 Å². The molecule has 7 heteroatoms. The van der Waals surface area contributed by atoms with Crippen LogP contribution in [-0.4, -0.2) is 19.5 Å². The number of fused-ring (bicyclic) bond motifs is 1. The summed E-state index contributed by atoms with van der Waals surface area (Å²) in [6.45, 7) is 1.75. The highest BCUT2D eigenvalue weighted by Gasteiger charge is 2.27. The summed E-state index contributed by atoms with van der Waals surface area (Å²) in [7, 11) is 0. The lowest BCUT2D eigenvalue weighted by Crippen LogP contribution is -2.31. The lowest BCUT2D eigenvalue weighted by atomic mass is 10.4. The molecule has 0 aromatic carbocycles. The summed E-state index contributed by atoms with van der Waals surface area (Å²) in [5, 5.41) is 0.289. The molecule has 0 aliphatic heterocycles. The molecule has 0 saturated heterocycles. The van der Waals surface area contributed by atoms with Crippen molar-refractivity contribution in [3.8, 4) is 0 Å². The standard InChI is InChI=1S/C10H10N4O2S/c1-4-11-7-6(9(17)12-4)8(15)13-10(16)14(7)5-2-3-5/h5H,2-3H2,1H3,(H,11,12,17)(H,13,15,16). The summed E-state index contributed by atoms with van der Waals surface area (Å²) in [5.74, 6) is 0.599. The van der Waals surface area contributed by atoms with Gasteiger partial charge in [0.2, 0.25) is 0 Å². The number of H-pyrrole nitrogens is 2. The van der Waals surface area contributed by atoms with E-state index in [0.717, 1.165) is 12.8 Å². The van der Waals surface area contributed by atoms with Gasteiger partial charge in [0.25, 0.3) is 5.56 Å². The normalized spacial score (nSPS) is 15.4. The van der Waals surface area contributed by atoms with Crippen molar-refractivity contribution >= 4 is 23.3 Å². The summed E-state index contributed by atoms with van der Waals surface area (Å²) < 4.78 is 1.80. The van der Waals surface area contributed by atoms with Crippen molar-refractivity contribution in [2.45, 2.75) is 25.8 Å². The van der Waals surface area contributed by atoms with Crippen molar-refractivity contribution < 1.29 is 0 Å². The van der Waals surface area contributed by atoms with Gasteiger partial charge in [0, 0.05) is 6.04 Å². The number of aromatic nitrogens is 4. The van der Waals surface area contributed by atoms with Gasteiger partial charge in [-0.05, 0) is 19.8 Å². The van der Waals surface area contributed by atoms with Crippen LogP contribution in [-0.2, 0) is 0 Å². The van der Waals surface area contributed by atoms with E-state index < -0.39 is 5.56 Å². The van der Waals surface area contributed by atoms with Crippen LogP contribution in [0, 0.1) is 11.6 Å². The Bertz CT molecular complexity index is 781. The van der Waals surface area contributed by atoms with Gasteiger partial charge in [0.1, 0.15) is 21.5 Å². The largest absolute Gasteiger partial charge is 0.330 e. The van der Waals surface area contributed by atoms with Crippen LogP contribution in [0.25, 0.3) is 11.0 Å². The second-order valence-electron chi connectivity index (χ2n) is 4.21. The Kier molecular flexibility index (Phi) is 2.06. The zero-order valence-corrected chi connectivity index (χ0v) is 9.93. The zero-order chi connectivity index (χ0) is 12.2. The lowest BCUT2D eigenvalue weighted by Gasteiger charge is -2.08. The second kappa shape index (κ2) is 3.36. The van der Waals surface area contributed by atoms with Gasteiger partial charge in [-0.2, -0.15) is 0 Å². The first-order valence-corrected chi connectivity index (χ1v) is 5.74. The summed E-state index contributed by atoms with van der Waals surface area (Å²) in [6, 6.07) is 0.161. The van der Waals surface area contributed by atoms with Crippen LogP contribution < -0.4 is 11.2 Å². The quantitative estimate of drug-likeness (QED) is 0.733. The van der Waals surface area contributed by atoms with E-state index in [1.165, 1.54) is 0 Å². The third-order valence-electron chi connectivity index (χ3n) is 2.84. The Labute approximate surface area is 100 Å². The second-order valence-corrected chi connectivity index (χ2v) is 4.60. The Balaban J connectivity index is 2.60. The van der Waals surface area contributed by atoms with Crippen molar-refractivity contribution in [1.82, 2.24) is 19.5 Å². The molecule has 2 aromatic rings. The first-order valence-electron chi connectivity index (χ1n) is 5.33. The Morgan fingerprint density at radius 3 is 2.71 bits per heavy atom. The van der Waals surface area contributed by atoms with Crippen molar-refractivity contribution in [1.29, 1.82) is 0 Å². The monoisotopic (exact) mass is 250 g/mol. The van der Waals surface area contributed by atoms with E-state index in [9.17, 15) is 9.59 Å². The van der Waals surface area contributed by atoms with E-state index in [-0.39, 0.29) is 21.8 Å². The number of nitrogens with zero attached hydrogens (tertiary/aromatic N) is 2. The highest BCUT2D eigenvalue weighted by atomic mass is 32.1. The number of hydrogen-bond donors (Lipinski definition) is 2. The predicted molar refractivity (Wildman–Crippen MR) is 64.8 cm³/mol. The average molecular weight is 250 g/mol. The third-order valence-corrected chi connectivity index (χ3v) is 3.13. The molecular formula is C10H10N4O2S. The molecule has 0 radical (unpaired) electrons. The highest BCUT2D eigenvalue weighted by molar-refractivity contribution is 7.71. The maximum Gasteiger partial charge on any atom is 0.330 e. The lowest BCUT2D eigenvalue weighted by molar-refractivity contribution is 0.696. The summed E-state index contributed by atoms with van der Waals surface area (Å²) >= 11 is 5.07. The molecule has 17 heavy (non-hydrogen) atoms. The first kappa shape index (κ1) is 10.4. The summed E-state index contributed by atoms with van der Waals surface area (Å²) in [6.07, 6.45) is 1.89. The minimum absolute atomic E-state index is 0.161. The Morgan fingerprint density at radius 2 is 2.06 bits per heavy atom. The number of aromatic amines is 2. The van der Waals surface area contributed by atoms with Crippen LogP contribution in [0.2, 0.25) is 0 Å². The number of nitrogens with one attached hydrogen (secondary N) is 2. The van der Waals surface area contributed by atoms with Gasteiger partial charge in [0.05, 0.1) is 0 Å². The van der Waals surface area contributed by atoms with Gasteiger partial charge >= 0.3 is 5.69 Å². The van der Waals surface area contributed by atoms with Crippen LogP contribution in [0.4, 0.5) is 0 Å². The molecule has 0 spiro atoms. The highest BCUT2D eigenvalue weighted by Crippen LogP contribution is 2.34.